The van der Waals surface area contributed by atoms with Crippen LogP contribution in [0.5, 0.6) is 5.75 Å². The molecule has 0 heterocycles. The van der Waals surface area contributed by atoms with Crippen LogP contribution in [0.3, 0.4) is 0 Å². The van der Waals surface area contributed by atoms with Crippen LogP contribution in [0.1, 0.15) is 12.5 Å². The number of aldehydes is 1. The Kier molecular flexibility index (Phi) is 6.58. The van der Waals surface area contributed by atoms with E-state index in [9.17, 15) is 9.36 Å². The van der Waals surface area contributed by atoms with Crippen molar-refractivity contribution in [2.75, 3.05) is 6.61 Å². The van der Waals surface area contributed by atoms with Gasteiger partial charge in [0, 0.05) is 11.2 Å². The summed E-state index contributed by atoms with van der Waals surface area (Å²) >= 11 is 5.94. The largest absolute Gasteiger partial charge is 0.422 e. The van der Waals surface area contributed by atoms with E-state index in [2.05, 4.69) is 5.09 Å². The fourth-order valence-corrected chi connectivity index (χ4v) is 3.98. The molecule has 2 atom stereocenters. The molecular weight excluding hydrogens is 349 g/mol. The number of hydrogen-bond acceptors (Lipinski definition) is 4. The second-order valence-electron chi connectivity index (χ2n) is 5.51. The lowest BCUT2D eigenvalue weighted by Gasteiger charge is -2.27. The van der Waals surface area contributed by atoms with Crippen molar-refractivity contribution in [2.45, 2.75) is 19.1 Å². The molecule has 24 heavy (non-hydrogen) atoms. The third-order valence-corrected chi connectivity index (χ3v) is 4.81. The molecule has 0 aliphatic carbocycles. The molecule has 2 aromatic rings. The van der Waals surface area contributed by atoms with Gasteiger partial charge < -0.3 is 14.1 Å². The first kappa shape index (κ1) is 18.7. The van der Waals surface area contributed by atoms with Crippen molar-refractivity contribution in [1.82, 2.24) is 5.09 Å². The van der Waals surface area contributed by atoms with E-state index in [1.54, 1.807) is 37.3 Å². The summed E-state index contributed by atoms with van der Waals surface area (Å²) in [7, 11) is 0. The summed E-state index contributed by atoms with van der Waals surface area (Å²) in [5, 5.41) is 2.56. The van der Waals surface area contributed by atoms with Crippen LogP contribution in [0.25, 0.3) is 0 Å². The Balaban J connectivity index is 1.93. The van der Waals surface area contributed by atoms with Crippen molar-refractivity contribution in [3.63, 3.8) is 0 Å². The summed E-state index contributed by atoms with van der Waals surface area (Å²) in [6, 6.07) is 18.0. The predicted octanol–water partition coefficient (Wildman–Crippen LogP) is 4.18. The third kappa shape index (κ3) is 6.10. The topological polar surface area (TPSA) is 64.6 Å². The van der Waals surface area contributed by atoms with Gasteiger partial charge in [-0.25, -0.2) is 9.65 Å². The standard InChI is InChI=1S/C17H19ClNO4P/c1-17(13-20,14-22-12-15-8-4-2-5-9-15)19-24(18,21)23-16-10-6-3-7-11-16/h2-11,13H,12,14H2,1H3,(H,19,21)/t17-,24?/m0/s1. The molecule has 1 unspecified atom stereocenters. The number of nitrogens with one attached hydrogen (secondary N) is 1. The van der Waals surface area contributed by atoms with Gasteiger partial charge >= 0.3 is 6.87 Å². The van der Waals surface area contributed by atoms with Gasteiger partial charge in [0.1, 0.15) is 17.6 Å². The predicted molar refractivity (Wildman–Crippen MR) is 94.2 cm³/mol. The second kappa shape index (κ2) is 8.45. The van der Waals surface area contributed by atoms with Gasteiger partial charge in [0.2, 0.25) is 0 Å². The highest BCUT2D eigenvalue weighted by atomic mass is 35.7. The van der Waals surface area contributed by atoms with Crippen LogP contribution in [0, 0.1) is 0 Å². The molecule has 0 radical (unpaired) electrons. The van der Waals surface area contributed by atoms with Crippen LogP contribution in [0.4, 0.5) is 0 Å². The molecule has 0 aromatic heterocycles. The number of halogens is 1. The van der Waals surface area contributed by atoms with Crippen LogP contribution >= 0.6 is 18.1 Å². The van der Waals surface area contributed by atoms with Crippen LogP contribution in [-0.4, -0.2) is 18.4 Å². The molecule has 0 bridgehead atoms. The molecule has 5 nitrogen and oxygen atoms in total. The van der Waals surface area contributed by atoms with Crippen molar-refractivity contribution in [1.29, 1.82) is 0 Å². The van der Waals surface area contributed by atoms with E-state index in [4.69, 9.17) is 20.5 Å². The number of carbonyl (C=O) groups is 1. The first-order chi connectivity index (χ1) is 11.4. The molecule has 2 rings (SSSR count). The number of benzene rings is 2. The van der Waals surface area contributed by atoms with Crippen LogP contribution in [0.15, 0.2) is 60.7 Å². The zero-order chi connectivity index (χ0) is 17.5. The van der Waals surface area contributed by atoms with Gasteiger partial charge in [-0.05, 0) is 24.6 Å². The minimum absolute atomic E-state index is 0.000252. The Morgan fingerprint density at radius 2 is 1.71 bits per heavy atom. The molecular formula is C17H19ClNO4P. The molecule has 0 spiro atoms. The lowest BCUT2D eigenvalue weighted by molar-refractivity contribution is -0.114. The molecule has 0 amide bonds. The molecule has 0 aliphatic heterocycles. The maximum absolute atomic E-state index is 12.4. The Labute approximate surface area is 146 Å². The lowest BCUT2D eigenvalue weighted by Crippen LogP contribution is -2.46. The molecule has 0 saturated carbocycles. The monoisotopic (exact) mass is 367 g/mol. The summed E-state index contributed by atoms with van der Waals surface area (Å²) in [6.07, 6.45) is 0.612. The maximum atomic E-state index is 12.4. The second-order valence-corrected chi connectivity index (χ2v) is 8.21. The van der Waals surface area contributed by atoms with Gasteiger partial charge in [0.15, 0.2) is 0 Å². The highest BCUT2D eigenvalue weighted by Gasteiger charge is 2.34. The molecule has 1 N–H and O–H groups in total. The van der Waals surface area contributed by atoms with Crippen LogP contribution in [-0.2, 0) is 20.7 Å². The Morgan fingerprint density at radius 3 is 2.29 bits per heavy atom. The SMILES string of the molecule is C[C@](C=O)(COCc1ccccc1)NP(=O)(Cl)Oc1ccccc1. The van der Waals surface area contributed by atoms with Crippen molar-refractivity contribution < 1.29 is 18.6 Å². The van der Waals surface area contributed by atoms with Crippen LogP contribution in [0.2, 0.25) is 0 Å². The first-order valence-corrected chi connectivity index (χ1v) is 9.87. The van der Waals surface area contributed by atoms with Gasteiger partial charge in [-0.1, -0.05) is 48.5 Å². The molecule has 0 saturated heterocycles. The summed E-state index contributed by atoms with van der Waals surface area (Å²) in [4.78, 5) is 11.4. The average molecular weight is 368 g/mol. The van der Waals surface area contributed by atoms with Gasteiger partial charge in [0.05, 0.1) is 13.2 Å². The number of ether oxygens (including phenoxy) is 1. The third-order valence-electron chi connectivity index (χ3n) is 3.13. The van der Waals surface area contributed by atoms with Gasteiger partial charge in [-0.3, -0.25) is 0 Å². The molecule has 7 heteroatoms. The van der Waals surface area contributed by atoms with Gasteiger partial charge in [-0.2, -0.15) is 0 Å². The quantitative estimate of drug-likeness (QED) is 0.532. The smallest absolute Gasteiger partial charge is 0.410 e. The van der Waals surface area contributed by atoms with Crippen LogP contribution < -0.4 is 9.61 Å². The van der Waals surface area contributed by atoms with E-state index in [1.165, 1.54) is 0 Å². The summed E-state index contributed by atoms with van der Waals surface area (Å²) < 4.78 is 23.2. The number of hydrogen-bond donors (Lipinski definition) is 1. The lowest BCUT2D eigenvalue weighted by atomic mass is 10.1. The maximum Gasteiger partial charge on any atom is 0.410 e. The zero-order valence-corrected chi connectivity index (χ0v) is 14.9. The molecule has 128 valence electrons. The minimum atomic E-state index is -3.75. The summed E-state index contributed by atoms with van der Waals surface area (Å²) in [5.41, 5.74) is -0.263. The van der Waals surface area contributed by atoms with Gasteiger partial charge in [0.25, 0.3) is 0 Å². The Morgan fingerprint density at radius 1 is 1.12 bits per heavy atom. The number of rotatable bonds is 9. The Bertz CT molecular complexity index is 698. The van der Waals surface area contributed by atoms with Gasteiger partial charge in [-0.15, -0.1) is 0 Å². The zero-order valence-electron chi connectivity index (χ0n) is 13.2. The van der Waals surface area contributed by atoms with E-state index in [0.717, 1.165) is 5.56 Å². The molecule has 2 aromatic carbocycles. The van der Waals surface area contributed by atoms with Crippen molar-refractivity contribution in [3.8, 4) is 5.75 Å². The molecule has 0 aliphatic rings. The van der Waals surface area contributed by atoms with Crippen molar-refractivity contribution >= 4 is 24.4 Å². The highest BCUT2D eigenvalue weighted by molar-refractivity contribution is 7.84. The van der Waals surface area contributed by atoms with E-state index < -0.39 is 12.4 Å². The number of carbonyl (C=O) groups excluding carboxylic acids is 1. The first-order valence-electron chi connectivity index (χ1n) is 7.34. The summed E-state index contributed by atoms with van der Waals surface area (Å²) in [6.45, 7) is -1.87. The van der Waals surface area contributed by atoms with E-state index in [-0.39, 0.29) is 6.61 Å². The minimum Gasteiger partial charge on any atom is -0.422 e. The fourth-order valence-electron chi connectivity index (χ4n) is 1.99. The molecule has 0 fully saturated rings. The normalized spacial score (nSPS) is 15.9. The van der Waals surface area contributed by atoms with E-state index in [1.807, 2.05) is 30.3 Å². The summed E-state index contributed by atoms with van der Waals surface area (Å²) in [5.74, 6) is 0.349. The number of para-hydroxylation sites is 1. The van der Waals surface area contributed by atoms with E-state index >= 15 is 0 Å². The average Bonchev–Trinajstić information content (AvgIpc) is 2.56. The van der Waals surface area contributed by atoms with E-state index in [0.29, 0.717) is 18.6 Å². The fraction of sp³-hybridized carbons (Fsp3) is 0.235. The van der Waals surface area contributed by atoms with Crippen molar-refractivity contribution in [2.24, 2.45) is 0 Å². The highest BCUT2D eigenvalue weighted by Crippen LogP contribution is 2.49. The van der Waals surface area contributed by atoms with Crippen molar-refractivity contribution in [3.05, 3.63) is 66.2 Å². The Hall–Kier alpha value is -1.65.